The fraction of sp³-hybridized carbons (Fsp3) is 0.684. The van der Waals surface area contributed by atoms with Crippen LogP contribution in [0, 0.1) is 0 Å². The molecule has 2 fully saturated rings. The molecule has 4 heteroatoms. The van der Waals surface area contributed by atoms with Crippen molar-refractivity contribution in [3.8, 4) is 11.5 Å². The maximum atomic E-state index is 11.6. The molecule has 0 bridgehead atoms. The summed E-state index contributed by atoms with van der Waals surface area (Å²) in [4.78, 5) is 2.35. The molecule has 4 nitrogen and oxygen atoms in total. The zero-order valence-electron chi connectivity index (χ0n) is 14.6. The standard InChI is InChI=1S/C19H29NO3/c1-20-13-11-18(12-14-20,19(21)9-4-5-10-19)15-7-6-8-16(22-2)17(15)23-3/h6-8,21H,4-5,9-14H2,1-3H3. The van der Waals surface area contributed by atoms with Crippen molar-refractivity contribution in [3.63, 3.8) is 0 Å². The highest BCUT2D eigenvalue weighted by atomic mass is 16.5. The summed E-state index contributed by atoms with van der Waals surface area (Å²) in [5, 5.41) is 11.6. The summed E-state index contributed by atoms with van der Waals surface area (Å²) in [5.74, 6) is 1.55. The summed E-state index contributed by atoms with van der Waals surface area (Å²) < 4.78 is 11.2. The van der Waals surface area contributed by atoms with Crippen molar-refractivity contribution in [2.45, 2.75) is 49.5 Å². The topological polar surface area (TPSA) is 41.9 Å². The third-order valence-corrected chi connectivity index (χ3v) is 6.08. The van der Waals surface area contributed by atoms with Crippen molar-refractivity contribution < 1.29 is 14.6 Å². The van der Waals surface area contributed by atoms with E-state index in [1.165, 1.54) is 0 Å². The van der Waals surface area contributed by atoms with E-state index >= 15 is 0 Å². The lowest BCUT2D eigenvalue weighted by Crippen LogP contribution is -2.55. The number of benzene rings is 1. The van der Waals surface area contributed by atoms with Crippen LogP contribution in [0.2, 0.25) is 0 Å². The highest BCUT2D eigenvalue weighted by Gasteiger charge is 2.54. The van der Waals surface area contributed by atoms with Crippen molar-refractivity contribution in [3.05, 3.63) is 23.8 Å². The lowest BCUT2D eigenvalue weighted by atomic mass is 9.60. The molecule has 0 radical (unpaired) electrons. The minimum Gasteiger partial charge on any atom is -0.493 e. The molecule has 1 aliphatic carbocycles. The van der Waals surface area contributed by atoms with Crippen LogP contribution in [-0.2, 0) is 5.41 Å². The van der Waals surface area contributed by atoms with Gasteiger partial charge >= 0.3 is 0 Å². The summed E-state index contributed by atoms with van der Waals surface area (Å²) in [5.41, 5.74) is 0.251. The van der Waals surface area contributed by atoms with Gasteiger partial charge in [0.1, 0.15) is 0 Å². The molecule has 1 saturated carbocycles. The van der Waals surface area contributed by atoms with Gasteiger partial charge in [-0.3, -0.25) is 0 Å². The van der Waals surface area contributed by atoms with Crippen LogP contribution >= 0.6 is 0 Å². The van der Waals surface area contributed by atoms with E-state index < -0.39 is 5.60 Å². The van der Waals surface area contributed by atoms with Gasteiger partial charge in [-0.05, 0) is 51.9 Å². The van der Waals surface area contributed by atoms with Gasteiger partial charge in [0.15, 0.2) is 11.5 Å². The number of rotatable bonds is 4. The molecule has 23 heavy (non-hydrogen) atoms. The molecule has 1 heterocycles. The van der Waals surface area contributed by atoms with E-state index in [4.69, 9.17) is 9.47 Å². The first-order valence-corrected chi connectivity index (χ1v) is 8.69. The van der Waals surface area contributed by atoms with E-state index in [0.717, 1.165) is 68.7 Å². The quantitative estimate of drug-likeness (QED) is 0.926. The van der Waals surface area contributed by atoms with Crippen LogP contribution in [0.25, 0.3) is 0 Å². The first-order chi connectivity index (χ1) is 11.1. The Balaban J connectivity index is 2.13. The number of methoxy groups -OCH3 is 2. The fourth-order valence-corrected chi connectivity index (χ4v) is 4.69. The van der Waals surface area contributed by atoms with E-state index in [-0.39, 0.29) is 5.41 Å². The largest absolute Gasteiger partial charge is 0.493 e. The van der Waals surface area contributed by atoms with Crippen LogP contribution in [0.4, 0.5) is 0 Å². The van der Waals surface area contributed by atoms with Crippen LogP contribution in [0.3, 0.4) is 0 Å². The van der Waals surface area contributed by atoms with E-state index in [0.29, 0.717) is 0 Å². The highest BCUT2D eigenvalue weighted by molar-refractivity contribution is 5.52. The first-order valence-electron chi connectivity index (χ1n) is 8.69. The molecule has 0 unspecified atom stereocenters. The Labute approximate surface area is 139 Å². The van der Waals surface area contributed by atoms with E-state index in [1.54, 1.807) is 14.2 Å². The predicted octanol–water partition coefficient (Wildman–Crippen LogP) is 2.97. The molecule has 1 aromatic carbocycles. The van der Waals surface area contributed by atoms with Gasteiger partial charge in [-0.2, -0.15) is 0 Å². The highest BCUT2D eigenvalue weighted by Crippen LogP contribution is 2.54. The van der Waals surface area contributed by atoms with E-state index in [2.05, 4.69) is 18.0 Å². The van der Waals surface area contributed by atoms with Crippen molar-refractivity contribution in [2.24, 2.45) is 0 Å². The Kier molecular flexibility index (Phi) is 4.56. The number of nitrogens with zero attached hydrogens (tertiary/aromatic N) is 1. The molecule has 0 aromatic heterocycles. The molecule has 1 aliphatic heterocycles. The predicted molar refractivity (Wildman–Crippen MR) is 91.4 cm³/mol. The van der Waals surface area contributed by atoms with E-state index in [1.807, 2.05) is 12.1 Å². The van der Waals surface area contributed by atoms with Gasteiger partial charge in [0.2, 0.25) is 0 Å². The molecule has 3 rings (SSSR count). The minimum atomic E-state index is -0.631. The zero-order valence-corrected chi connectivity index (χ0v) is 14.6. The number of aliphatic hydroxyl groups is 1. The van der Waals surface area contributed by atoms with Crippen molar-refractivity contribution >= 4 is 0 Å². The van der Waals surface area contributed by atoms with Gasteiger partial charge in [0, 0.05) is 11.0 Å². The molecule has 0 amide bonds. The molecule has 0 atom stereocenters. The molecule has 2 aliphatic rings. The maximum Gasteiger partial charge on any atom is 0.164 e. The van der Waals surface area contributed by atoms with Crippen LogP contribution in [0.15, 0.2) is 18.2 Å². The number of likely N-dealkylation sites (tertiary alicyclic amines) is 1. The Bertz CT molecular complexity index is 544. The molecule has 0 spiro atoms. The smallest absolute Gasteiger partial charge is 0.164 e. The van der Waals surface area contributed by atoms with Gasteiger partial charge in [0.05, 0.1) is 19.8 Å². The maximum absolute atomic E-state index is 11.6. The second-order valence-corrected chi connectivity index (χ2v) is 7.17. The van der Waals surface area contributed by atoms with Crippen molar-refractivity contribution in [1.82, 2.24) is 4.90 Å². The number of para-hydroxylation sites is 1. The average Bonchev–Trinajstić information content (AvgIpc) is 3.03. The molecular weight excluding hydrogens is 290 g/mol. The Morgan fingerprint density at radius 3 is 2.22 bits per heavy atom. The molecule has 1 saturated heterocycles. The van der Waals surface area contributed by atoms with Gasteiger partial charge in [-0.1, -0.05) is 25.0 Å². The van der Waals surface area contributed by atoms with Crippen molar-refractivity contribution in [2.75, 3.05) is 34.4 Å². The van der Waals surface area contributed by atoms with Crippen LogP contribution < -0.4 is 9.47 Å². The minimum absolute atomic E-state index is 0.240. The number of hydrogen-bond donors (Lipinski definition) is 1. The summed E-state index contributed by atoms with van der Waals surface area (Å²) in [6.07, 6.45) is 5.92. The summed E-state index contributed by atoms with van der Waals surface area (Å²) in [6.45, 7) is 2.01. The molecular formula is C19H29NO3. The van der Waals surface area contributed by atoms with Crippen LogP contribution in [-0.4, -0.2) is 50.0 Å². The SMILES string of the molecule is COc1cccc(C2(C3(O)CCCC3)CCN(C)CC2)c1OC. The Morgan fingerprint density at radius 1 is 1.00 bits per heavy atom. The Morgan fingerprint density at radius 2 is 1.65 bits per heavy atom. The second-order valence-electron chi connectivity index (χ2n) is 7.17. The lowest BCUT2D eigenvalue weighted by molar-refractivity contribution is -0.0609. The van der Waals surface area contributed by atoms with Crippen LogP contribution in [0.1, 0.15) is 44.1 Å². The number of piperidine rings is 1. The number of hydrogen-bond acceptors (Lipinski definition) is 4. The van der Waals surface area contributed by atoms with Gasteiger partial charge in [0.25, 0.3) is 0 Å². The average molecular weight is 319 g/mol. The fourth-order valence-electron chi connectivity index (χ4n) is 4.69. The number of ether oxygens (including phenoxy) is 2. The molecule has 1 aromatic rings. The normalized spacial score (nSPS) is 23.7. The summed E-state index contributed by atoms with van der Waals surface area (Å²) in [6, 6.07) is 6.09. The molecule has 1 N–H and O–H groups in total. The van der Waals surface area contributed by atoms with Gasteiger partial charge in [-0.15, -0.1) is 0 Å². The second kappa shape index (κ2) is 6.33. The monoisotopic (exact) mass is 319 g/mol. The van der Waals surface area contributed by atoms with Crippen molar-refractivity contribution in [1.29, 1.82) is 0 Å². The third-order valence-electron chi connectivity index (χ3n) is 6.08. The van der Waals surface area contributed by atoms with Gasteiger partial charge < -0.3 is 19.5 Å². The first kappa shape index (κ1) is 16.6. The van der Waals surface area contributed by atoms with Crippen LogP contribution in [0.5, 0.6) is 11.5 Å². The summed E-state index contributed by atoms with van der Waals surface area (Å²) in [7, 11) is 5.53. The lowest BCUT2D eigenvalue weighted by Gasteiger charge is -2.50. The summed E-state index contributed by atoms with van der Waals surface area (Å²) >= 11 is 0. The molecule has 128 valence electrons. The van der Waals surface area contributed by atoms with E-state index in [9.17, 15) is 5.11 Å². The zero-order chi connectivity index (χ0) is 16.5. The Hall–Kier alpha value is -1.26. The third kappa shape index (κ3) is 2.62. The van der Waals surface area contributed by atoms with Gasteiger partial charge in [-0.25, -0.2) is 0 Å².